The second-order valence-electron chi connectivity index (χ2n) is 8.05. The van der Waals surface area contributed by atoms with Crippen LogP contribution in [-0.4, -0.2) is 57.4 Å². The number of piperidine rings is 1. The summed E-state index contributed by atoms with van der Waals surface area (Å²) in [4.78, 5) is 15.0. The highest BCUT2D eigenvalue weighted by molar-refractivity contribution is 7.89. The first kappa shape index (κ1) is 21.2. The Labute approximate surface area is 167 Å². The first-order chi connectivity index (χ1) is 13.2. The molecule has 0 aliphatic carbocycles. The summed E-state index contributed by atoms with van der Waals surface area (Å²) in [6, 6.07) is 5.84. The maximum absolute atomic E-state index is 13.1. The summed E-state index contributed by atoms with van der Waals surface area (Å²) in [5, 5.41) is 0. The van der Waals surface area contributed by atoms with Crippen LogP contribution < -0.4 is 4.72 Å². The summed E-state index contributed by atoms with van der Waals surface area (Å²) in [5.41, 5.74) is 0.979. The molecule has 2 heterocycles. The molecular formula is C20H30N2O5S. The lowest BCUT2D eigenvalue weighted by molar-refractivity contribution is -0.187. The van der Waals surface area contributed by atoms with Crippen molar-refractivity contribution in [2.75, 3.05) is 26.3 Å². The van der Waals surface area contributed by atoms with Gasteiger partial charge in [-0.3, -0.25) is 4.79 Å². The third-order valence-electron chi connectivity index (χ3n) is 5.28. The standard InChI is InChI=1S/C20H30N2O5S/c1-15(2)14-18(21-28(24,25)17-6-4-16(3)5-7-17)19(23)22-10-8-20(9-11-22)26-12-13-27-20/h4-7,15,18,21H,8-14H2,1-3H3. The van der Waals surface area contributed by atoms with Crippen LogP contribution >= 0.6 is 0 Å². The number of hydrogen-bond acceptors (Lipinski definition) is 5. The van der Waals surface area contributed by atoms with Gasteiger partial charge in [0.15, 0.2) is 5.79 Å². The van der Waals surface area contributed by atoms with Gasteiger partial charge in [0.1, 0.15) is 6.04 Å². The lowest BCUT2D eigenvalue weighted by Gasteiger charge is -2.39. The maximum atomic E-state index is 13.1. The summed E-state index contributed by atoms with van der Waals surface area (Å²) >= 11 is 0. The fraction of sp³-hybridized carbons (Fsp3) is 0.650. The van der Waals surface area contributed by atoms with Crippen LogP contribution in [0.15, 0.2) is 29.2 Å². The summed E-state index contributed by atoms with van der Waals surface area (Å²) in [6.45, 7) is 8.02. The zero-order chi connectivity index (χ0) is 20.4. The van der Waals surface area contributed by atoms with Crippen molar-refractivity contribution in [3.63, 3.8) is 0 Å². The summed E-state index contributed by atoms with van der Waals surface area (Å²) in [6.07, 6.45) is 1.66. The van der Waals surface area contributed by atoms with Crippen molar-refractivity contribution in [1.82, 2.24) is 9.62 Å². The van der Waals surface area contributed by atoms with Crippen molar-refractivity contribution in [2.45, 2.75) is 56.8 Å². The molecule has 0 aromatic heterocycles. The summed E-state index contributed by atoms with van der Waals surface area (Å²) < 4.78 is 39.7. The molecule has 7 nitrogen and oxygen atoms in total. The quantitative estimate of drug-likeness (QED) is 0.776. The van der Waals surface area contributed by atoms with Crippen molar-refractivity contribution >= 4 is 15.9 Å². The summed E-state index contributed by atoms with van der Waals surface area (Å²) in [7, 11) is -3.77. The Morgan fingerprint density at radius 1 is 1.14 bits per heavy atom. The molecule has 1 amide bonds. The third-order valence-corrected chi connectivity index (χ3v) is 6.77. The number of rotatable bonds is 6. The topological polar surface area (TPSA) is 84.9 Å². The van der Waals surface area contributed by atoms with Gasteiger partial charge in [0, 0.05) is 25.9 Å². The van der Waals surface area contributed by atoms with Crippen LogP contribution in [0.4, 0.5) is 0 Å². The predicted octanol–water partition coefficient (Wildman–Crippen LogP) is 2.05. The number of benzene rings is 1. The smallest absolute Gasteiger partial charge is 0.241 e. The zero-order valence-corrected chi connectivity index (χ0v) is 17.6. The molecule has 2 saturated heterocycles. The van der Waals surface area contributed by atoms with E-state index in [1.165, 1.54) is 0 Å². The van der Waals surface area contributed by atoms with Gasteiger partial charge in [-0.25, -0.2) is 8.42 Å². The highest BCUT2D eigenvalue weighted by Gasteiger charge is 2.42. The van der Waals surface area contributed by atoms with Gasteiger partial charge in [-0.1, -0.05) is 31.5 Å². The fourth-order valence-electron chi connectivity index (χ4n) is 3.72. The molecule has 0 saturated carbocycles. The van der Waals surface area contributed by atoms with Gasteiger partial charge in [-0.2, -0.15) is 4.72 Å². The molecule has 8 heteroatoms. The van der Waals surface area contributed by atoms with E-state index in [-0.39, 0.29) is 16.7 Å². The first-order valence-electron chi connectivity index (χ1n) is 9.86. The van der Waals surface area contributed by atoms with Crippen LogP contribution in [0, 0.1) is 12.8 Å². The zero-order valence-electron chi connectivity index (χ0n) is 16.8. The minimum absolute atomic E-state index is 0.171. The van der Waals surface area contributed by atoms with E-state index in [0.717, 1.165) is 5.56 Å². The van der Waals surface area contributed by atoms with Crippen LogP contribution in [0.25, 0.3) is 0 Å². The Morgan fingerprint density at radius 3 is 2.25 bits per heavy atom. The van der Waals surface area contributed by atoms with E-state index in [1.807, 2.05) is 20.8 Å². The Kier molecular flexibility index (Phi) is 6.44. The largest absolute Gasteiger partial charge is 0.347 e. The van der Waals surface area contributed by atoms with Crippen LogP contribution in [0.3, 0.4) is 0 Å². The average Bonchev–Trinajstić information content (AvgIpc) is 3.09. The number of hydrogen-bond donors (Lipinski definition) is 1. The van der Waals surface area contributed by atoms with Crippen molar-refractivity contribution in [3.8, 4) is 0 Å². The van der Waals surface area contributed by atoms with Crippen molar-refractivity contribution < 1.29 is 22.7 Å². The molecule has 1 aromatic carbocycles. The van der Waals surface area contributed by atoms with Gasteiger partial charge in [0.2, 0.25) is 15.9 Å². The van der Waals surface area contributed by atoms with Crippen LogP contribution in [0.5, 0.6) is 0 Å². The molecule has 1 atom stereocenters. The number of ether oxygens (including phenoxy) is 2. The average molecular weight is 411 g/mol. The molecule has 2 fully saturated rings. The lowest BCUT2D eigenvalue weighted by Crippen LogP contribution is -2.54. The predicted molar refractivity (Wildman–Crippen MR) is 105 cm³/mol. The molecule has 1 spiro atoms. The number of carbonyl (C=O) groups excluding carboxylic acids is 1. The highest BCUT2D eigenvalue weighted by Crippen LogP contribution is 2.31. The first-order valence-corrected chi connectivity index (χ1v) is 11.3. The molecule has 1 aromatic rings. The Bertz CT molecular complexity index is 775. The van der Waals surface area contributed by atoms with Crippen molar-refractivity contribution in [1.29, 1.82) is 0 Å². The van der Waals surface area contributed by atoms with E-state index in [9.17, 15) is 13.2 Å². The minimum Gasteiger partial charge on any atom is -0.347 e. The van der Waals surface area contributed by atoms with E-state index >= 15 is 0 Å². The maximum Gasteiger partial charge on any atom is 0.241 e. The second kappa shape index (κ2) is 8.49. The molecule has 0 radical (unpaired) electrons. The monoisotopic (exact) mass is 410 g/mol. The van der Waals surface area contributed by atoms with E-state index in [4.69, 9.17) is 9.47 Å². The normalized spacial score (nSPS) is 20.6. The summed E-state index contributed by atoms with van der Waals surface area (Å²) in [5.74, 6) is -0.573. The minimum atomic E-state index is -3.77. The molecule has 3 rings (SSSR count). The molecular weight excluding hydrogens is 380 g/mol. The molecule has 156 valence electrons. The van der Waals surface area contributed by atoms with E-state index in [0.29, 0.717) is 45.6 Å². The molecule has 0 bridgehead atoms. The second-order valence-corrected chi connectivity index (χ2v) is 9.76. The molecule has 28 heavy (non-hydrogen) atoms. The Morgan fingerprint density at radius 2 is 1.71 bits per heavy atom. The van der Waals surface area contributed by atoms with Gasteiger partial charge in [0.25, 0.3) is 0 Å². The van der Waals surface area contributed by atoms with E-state index < -0.39 is 21.9 Å². The van der Waals surface area contributed by atoms with Gasteiger partial charge in [-0.05, 0) is 31.4 Å². The van der Waals surface area contributed by atoms with Gasteiger partial charge < -0.3 is 14.4 Å². The SMILES string of the molecule is Cc1ccc(S(=O)(=O)NC(CC(C)C)C(=O)N2CCC3(CC2)OCCO3)cc1. The van der Waals surface area contributed by atoms with Crippen LogP contribution in [0.1, 0.15) is 38.7 Å². The van der Waals surface area contributed by atoms with Gasteiger partial charge in [0.05, 0.1) is 18.1 Å². The van der Waals surface area contributed by atoms with Crippen molar-refractivity contribution in [2.24, 2.45) is 5.92 Å². The van der Waals surface area contributed by atoms with Gasteiger partial charge in [-0.15, -0.1) is 0 Å². The Hall–Kier alpha value is -1.48. The number of nitrogens with one attached hydrogen (secondary N) is 1. The highest BCUT2D eigenvalue weighted by atomic mass is 32.2. The van der Waals surface area contributed by atoms with E-state index in [1.54, 1.807) is 29.2 Å². The number of sulfonamides is 1. The molecule has 2 aliphatic rings. The number of aryl methyl sites for hydroxylation is 1. The van der Waals surface area contributed by atoms with Gasteiger partial charge >= 0.3 is 0 Å². The number of amides is 1. The molecule has 1 N–H and O–H groups in total. The van der Waals surface area contributed by atoms with Crippen molar-refractivity contribution in [3.05, 3.63) is 29.8 Å². The van der Waals surface area contributed by atoms with Crippen LogP contribution in [0.2, 0.25) is 0 Å². The van der Waals surface area contributed by atoms with E-state index in [2.05, 4.69) is 4.72 Å². The number of carbonyl (C=O) groups is 1. The third kappa shape index (κ3) is 4.92. The number of likely N-dealkylation sites (tertiary alicyclic amines) is 1. The molecule has 2 aliphatic heterocycles. The Balaban J connectivity index is 1.70. The lowest BCUT2D eigenvalue weighted by atomic mass is 10.00. The fourth-order valence-corrected chi connectivity index (χ4v) is 4.92. The molecule has 1 unspecified atom stereocenters. The number of nitrogens with zero attached hydrogens (tertiary/aromatic N) is 1. The van der Waals surface area contributed by atoms with Crippen LogP contribution in [-0.2, 0) is 24.3 Å².